The first kappa shape index (κ1) is 25.7. The number of carbonyl (C=O) groups is 1. The summed E-state index contributed by atoms with van der Waals surface area (Å²) in [4.78, 5) is 15.5. The SMILES string of the molecule is CCNC(=NCc1ccc(C(F)(F)F)cc1)NCCc1ccc(NC(C)=O)cc1.I. The van der Waals surface area contributed by atoms with E-state index < -0.39 is 11.7 Å². The van der Waals surface area contributed by atoms with E-state index >= 15 is 0 Å². The molecule has 0 aliphatic heterocycles. The topological polar surface area (TPSA) is 65.5 Å². The molecular formula is C21H26F3IN4O. The summed E-state index contributed by atoms with van der Waals surface area (Å²) in [6, 6.07) is 12.6. The second-order valence-electron chi connectivity index (χ2n) is 6.44. The number of rotatable bonds is 7. The molecule has 2 rings (SSSR count). The monoisotopic (exact) mass is 534 g/mol. The van der Waals surface area contributed by atoms with Crippen molar-refractivity contribution in [1.82, 2.24) is 10.6 Å². The Morgan fingerprint density at radius 1 is 0.967 bits per heavy atom. The molecule has 9 heteroatoms. The number of amides is 1. The molecule has 1 amide bonds. The first-order valence-electron chi connectivity index (χ1n) is 9.32. The Bertz CT molecular complexity index is 822. The van der Waals surface area contributed by atoms with Crippen molar-refractivity contribution in [2.24, 2.45) is 4.99 Å². The summed E-state index contributed by atoms with van der Waals surface area (Å²) >= 11 is 0. The highest BCUT2D eigenvalue weighted by Gasteiger charge is 2.29. The van der Waals surface area contributed by atoms with Gasteiger partial charge in [-0.15, -0.1) is 24.0 Å². The molecule has 2 aromatic rings. The molecule has 0 unspecified atom stereocenters. The van der Waals surface area contributed by atoms with Gasteiger partial charge in [-0.2, -0.15) is 13.2 Å². The molecule has 0 saturated carbocycles. The van der Waals surface area contributed by atoms with E-state index in [9.17, 15) is 18.0 Å². The normalized spacial score (nSPS) is 11.4. The Hall–Kier alpha value is -2.30. The molecule has 30 heavy (non-hydrogen) atoms. The van der Waals surface area contributed by atoms with Crippen LogP contribution in [-0.4, -0.2) is 25.0 Å². The number of anilines is 1. The highest BCUT2D eigenvalue weighted by molar-refractivity contribution is 14.0. The molecule has 0 heterocycles. The van der Waals surface area contributed by atoms with E-state index in [2.05, 4.69) is 20.9 Å². The minimum Gasteiger partial charge on any atom is -0.357 e. The Morgan fingerprint density at radius 3 is 2.10 bits per heavy atom. The number of halogens is 4. The van der Waals surface area contributed by atoms with E-state index in [1.807, 2.05) is 31.2 Å². The number of nitrogens with one attached hydrogen (secondary N) is 3. The molecule has 0 bridgehead atoms. The second-order valence-corrected chi connectivity index (χ2v) is 6.44. The van der Waals surface area contributed by atoms with Crippen molar-refractivity contribution in [3.63, 3.8) is 0 Å². The molecule has 0 radical (unpaired) electrons. The highest BCUT2D eigenvalue weighted by atomic mass is 127. The number of carbonyl (C=O) groups excluding carboxylic acids is 1. The summed E-state index contributed by atoms with van der Waals surface area (Å²) in [5.74, 6) is 0.487. The second kappa shape index (κ2) is 12.4. The van der Waals surface area contributed by atoms with Crippen molar-refractivity contribution in [3.05, 3.63) is 65.2 Å². The summed E-state index contributed by atoms with van der Waals surface area (Å²) in [7, 11) is 0. The van der Waals surface area contributed by atoms with Gasteiger partial charge in [0.15, 0.2) is 5.96 Å². The van der Waals surface area contributed by atoms with Crippen LogP contribution >= 0.6 is 24.0 Å². The predicted octanol–water partition coefficient (Wildman–Crippen LogP) is 4.58. The van der Waals surface area contributed by atoms with E-state index in [-0.39, 0.29) is 36.4 Å². The lowest BCUT2D eigenvalue weighted by Gasteiger charge is -2.12. The van der Waals surface area contributed by atoms with Crippen molar-refractivity contribution in [2.45, 2.75) is 33.0 Å². The minimum atomic E-state index is -4.33. The smallest absolute Gasteiger partial charge is 0.357 e. The number of nitrogens with zero attached hydrogens (tertiary/aromatic N) is 1. The third-order valence-corrected chi connectivity index (χ3v) is 4.03. The maximum absolute atomic E-state index is 12.6. The lowest BCUT2D eigenvalue weighted by atomic mass is 10.1. The minimum absolute atomic E-state index is 0. The van der Waals surface area contributed by atoms with Crippen LogP contribution in [0.15, 0.2) is 53.5 Å². The van der Waals surface area contributed by atoms with Crippen LogP contribution < -0.4 is 16.0 Å². The van der Waals surface area contributed by atoms with Gasteiger partial charge in [-0.3, -0.25) is 4.79 Å². The molecule has 0 saturated heterocycles. The Kier molecular flexibility index (Phi) is 10.6. The zero-order chi connectivity index (χ0) is 21.3. The van der Waals surface area contributed by atoms with Crippen molar-refractivity contribution < 1.29 is 18.0 Å². The number of alkyl halides is 3. The number of hydrogen-bond acceptors (Lipinski definition) is 2. The molecule has 5 nitrogen and oxygen atoms in total. The van der Waals surface area contributed by atoms with E-state index in [4.69, 9.17) is 0 Å². The largest absolute Gasteiger partial charge is 0.416 e. The Morgan fingerprint density at radius 2 is 1.57 bits per heavy atom. The number of benzene rings is 2. The molecule has 0 fully saturated rings. The fourth-order valence-corrected chi connectivity index (χ4v) is 2.59. The average molecular weight is 534 g/mol. The Balaban J connectivity index is 0.00000450. The van der Waals surface area contributed by atoms with Gasteiger partial charge in [0, 0.05) is 25.7 Å². The van der Waals surface area contributed by atoms with Crippen LogP contribution in [-0.2, 0) is 23.9 Å². The van der Waals surface area contributed by atoms with Crippen LogP contribution in [0, 0.1) is 0 Å². The van der Waals surface area contributed by atoms with Gasteiger partial charge in [0.05, 0.1) is 12.1 Å². The average Bonchev–Trinajstić information content (AvgIpc) is 2.66. The van der Waals surface area contributed by atoms with Gasteiger partial charge in [-0.25, -0.2) is 4.99 Å². The van der Waals surface area contributed by atoms with Crippen LogP contribution in [0.1, 0.15) is 30.5 Å². The standard InChI is InChI=1S/C21H25F3N4O.HI/c1-3-25-20(27-14-17-4-8-18(9-5-17)21(22,23)24)26-13-12-16-6-10-19(11-7-16)28-15(2)29;/h4-11H,3,12-14H2,1-2H3,(H,28,29)(H2,25,26,27);1H. The van der Waals surface area contributed by atoms with Crippen LogP contribution in [0.25, 0.3) is 0 Å². The zero-order valence-electron chi connectivity index (χ0n) is 16.8. The van der Waals surface area contributed by atoms with Crippen molar-refractivity contribution >= 4 is 41.5 Å². The third kappa shape index (κ3) is 9.02. The summed E-state index contributed by atoms with van der Waals surface area (Å²) in [5, 5.41) is 9.05. The number of aliphatic imine (C=N–C) groups is 1. The van der Waals surface area contributed by atoms with Gasteiger partial charge in [0.2, 0.25) is 5.91 Å². The maximum Gasteiger partial charge on any atom is 0.416 e. The molecule has 3 N–H and O–H groups in total. The lowest BCUT2D eigenvalue weighted by Crippen LogP contribution is -2.38. The van der Waals surface area contributed by atoms with Crippen molar-refractivity contribution in [2.75, 3.05) is 18.4 Å². The number of hydrogen-bond donors (Lipinski definition) is 3. The van der Waals surface area contributed by atoms with Gasteiger partial charge < -0.3 is 16.0 Å². The molecule has 0 aromatic heterocycles. The van der Waals surface area contributed by atoms with Crippen LogP contribution in [0.3, 0.4) is 0 Å². The van der Waals surface area contributed by atoms with Crippen LogP contribution in [0.4, 0.5) is 18.9 Å². The van der Waals surface area contributed by atoms with Gasteiger partial charge in [0.1, 0.15) is 0 Å². The van der Waals surface area contributed by atoms with E-state index in [0.29, 0.717) is 24.6 Å². The molecule has 2 aromatic carbocycles. The first-order valence-corrected chi connectivity index (χ1v) is 9.32. The van der Waals surface area contributed by atoms with Gasteiger partial charge >= 0.3 is 6.18 Å². The molecular weight excluding hydrogens is 508 g/mol. The first-order chi connectivity index (χ1) is 13.8. The van der Waals surface area contributed by atoms with E-state index in [1.54, 1.807) is 0 Å². The fraction of sp³-hybridized carbons (Fsp3) is 0.333. The van der Waals surface area contributed by atoms with E-state index in [1.165, 1.54) is 19.1 Å². The van der Waals surface area contributed by atoms with Crippen molar-refractivity contribution in [3.8, 4) is 0 Å². The van der Waals surface area contributed by atoms with Crippen LogP contribution in [0.2, 0.25) is 0 Å². The summed E-state index contributed by atoms with van der Waals surface area (Å²) in [5.41, 5.74) is 1.88. The highest BCUT2D eigenvalue weighted by Crippen LogP contribution is 2.29. The predicted molar refractivity (Wildman–Crippen MR) is 124 cm³/mol. The van der Waals surface area contributed by atoms with Crippen molar-refractivity contribution in [1.29, 1.82) is 0 Å². The lowest BCUT2D eigenvalue weighted by molar-refractivity contribution is -0.137. The fourth-order valence-electron chi connectivity index (χ4n) is 2.59. The Labute approximate surface area is 191 Å². The molecule has 164 valence electrons. The zero-order valence-corrected chi connectivity index (χ0v) is 19.2. The van der Waals surface area contributed by atoms with Gasteiger partial charge in [-0.1, -0.05) is 24.3 Å². The third-order valence-electron chi connectivity index (χ3n) is 4.03. The quantitative estimate of drug-likeness (QED) is 0.277. The summed E-state index contributed by atoms with van der Waals surface area (Å²) in [6.07, 6.45) is -3.58. The molecule has 0 aliphatic rings. The summed E-state index contributed by atoms with van der Waals surface area (Å²) < 4.78 is 37.9. The van der Waals surface area contributed by atoms with E-state index in [0.717, 1.165) is 29.8 Å². The molecule has 0 aliphatic carbocycles. The summed E-state index contributed by atoms with van der Waals surface area (Å²) in [6.45, 7) is 4.99. The van der Waals surface area contributed by atoms with Gasteiger partial charge in [0.25, 0.3) is 0 Å². The molecule has 0 atom stereocenters. The number of guanidine groups is 1. The molecule has 0 spiro atoms. The van der Waals surface area contributed by atoms with Gasteiger partial charge in [-0.05, 0) is 48.7 Å². The van der Waals surface area contributed by atoms with Crippen LogP contribution in [0.5, 0.6) is 0 Å². The maximum atomic E-state index is 12.6.